The molecule has 0 bridgehead atoms. The standard InChI is InChI=1S/C21H24O2/c1-4-21(23)12-9-18-16-6-5-14-13-15(22)7-10-19(14,2)17(16)8-11-20(18,21)3/h1,7-8,10,13,16,18,23H,5-6,9,11-12H2,2-3H3/t16-,18+,19+,20+,21-/m1/s1. The zero-order chi connectivity index (χ0) is 16.5. The van der Waals surface area contributed by atoms with Crippen LogP contribution in [0.5, 0.6) is 0 Å². The van der Waals surface area contributed by atoms with Crippen LogP contribution in [-0.2, 0) is 4.79 Å². The number of carbonyl (C=O) groups excluding carboxylic acids is 1. The van der Waals surface area contributed by atoms with Gasteiger partial charge in [0.1, 0.15) is 5.60 Å². The van der Waals surface area contributed by atoms with Crippen molar-refractivity contribution < 1.29 is 9.90 Å². The molecule has 0 radical (unpaired) electrons. The van der Waals surface area contributed by atoms with Gasteiger partial charge in [0, 0.05) is 10.8 Å². The summed E-state index contributed by atoms with van der Waals surface area (Å²) in [6, 6.07) is 0. The van der Waals surface area contributed by atoms with Crippen LogP contribution >= 0.6 is 0 Å². The highest BCUT2D eigenvalue weighted by molar-refractivity contribution is 6.01. The third kappa shape index (κ3) is 1.72. The molecule has 0 aliphatic heterocycles. The zero-order valence-corrected chi connectivity index (χ0v) is 13.9. The van der Waals surface area contributed by atoms with E-state index < -0.39 is 5.60 Å². The average molecular weight is 308 g/mol. The molecule has 0 aromatic rings. The van der Waals surface area contributed by atoms with Crippen molar-refractivity contribution in [3.05, 3.63) is 35.5 Å². The lowest BCUT2D eigenvalue weighted by atomic mass is 9.52. The van der Waals surface area contributed by atoms with E-state index in [1.54, 1.807) is 6.08 Å². The van der Waals surface area contributed by atoms with Crippen LogP contribution in [0.3, 0.4) is 0 Å². The van der Waals surface area contributed by atoms with Gasteiger partial charge in [0.2, 0.25) is 0 Å². The van der Waals surface area contributed by atoms with Crippen molar-refractivity contribution in [3.8, 4) is 12.3 Å². The molecule has 0 aromatic heterocycles. The highest BCUT2D eigenvalue weighted by Crippen LogP contribution is 2.64. The molecule has 5 atom stereocenters. The molecule has 4 aliphatic rings. The lowest BCUT2D eigenvalue weighted by Crippen LogP contribution is -2.49. The molecule has 23 heavy (non-hydrogen) atoms. The zero-order valence-electron chi connectivity index (χ0n) is 13.9. The van der Waals surface area contributed by atoms with E-state index in [2.05, 4.69) is 31.9 Å². The second-order valence-electron chi connectivity index (χ2n) is 8.18. The van der Waals surface area contributed by atoms with E-state index in [0.29, 0.717) is 18.3 Å². The second kappa shape index (κ2) is 4.48. The number of terminal acetylenes is 1. The van der Waals surface area contributed by atoms with Gasteiger partial charge in [-0.3, -0.25) is 4.79 Å². The Morgan fingerprint density at radius 1 is 1.35 bits per heavy atom. The summed E-state index contributed by atoms with van der Waals surface area (Å²) >= 11 is 0. The molecular weight excluding hydrogens is 284 g/mol. The third-order valence-electron chi connectivity index (χ3n) is 7.34. The Kier molecular flexibility index (Phi) is 2.92. The normalized spacial score (nSPS) is 47.8. The second-order valence-corrected chi connectivity index (χ2v) is 8.18. The van der Waals surface area contributed by atoms with Gasteiger partial charge in [-0.2, -0.15) is 0 Å². The quantitative estimate of drug-likeness (QED) is 0.548. The Morgan fingerprint density at radius 2 is 2.13 bits per heavy atom. The minimum absolute atomic E-state index is 0.111. The fourth-order valence-corrected chi connectivity index (χ4v) is 5.77. The summed E-state index contributed by atoms with van der Waals surface area (Å²) in [5, 5.41) is 10.9. The molecule has 4 rings (SSSR count). The maximum Gasteiger partial charge on any atom is 0.178 e. The number of hydrogen-bond acceptors (Lipinski definition) is 2. The molecular formula is C21H24O2. The number of ketones is 1. The van der Waals surface area contributed by atoms with Crippen molar-refractivity contribution >= 4 is 5.78 Å². The first-order chi connectivity index (χ1) is 10.8. The molecule has 2 nitrogen and oxygen atoms in total. The Bertz CT molecular complexity index is 719. The number of rotatable bonds is 0. The van der Waals surface area contributed by atoms with Gasteiger partial charge < -0.3 is 5.11 Å². The predicted molar refractivity (Wildman–Crippen MR) is 90.4 cm³/mol. The molecule has 0 saturated heterocycles. The predicted octanol–water partition coefficient (Wildman–Crippen LogP) is 3.58. The summed E-state index contributed by atoms with van der Waals surface area (Å²) in [5.41, 5.74) is 1.38. The van der Waals surface area contributed by atoms with Gasteiger partial charge in [-0.15, -0.1) is 6.42 Å². The van der Waals surface area contributed by atoms with Crippen LogP contribution in [0.2, 0.25) is 0 Å². The van der Waals surface area contributed by atoms with Crippen LogP contribution in [0.25, 0.3) is 0 Å². The summed E-state index contributed by atoms with van der Waals surface area (Å²) in [4.78, 5) is 11.7. The van der Waals surface area contributed by atoms with Gasteiger partial charge in [-0.25, -0.2) is 0 Å². The Hall–Kier alpha value is -1.59. The average Bonchev–Trinajstić information content (AvgIpc) is 2.80. The Morgan fingerprint density at radius 3 is 2.87 bits per heavy atom. The van der Waals surface area contributed by atoms with Gasteiger partial charge >= 0.3 is 0 Å². The van der Waals surface area contributed by atoms with Crippen molar-refractivity contribution in [2.45, 2.75) is 51.6 Å². The Labute approximate surface area is 138 Å². The molecule has 0 spiro atoms. The van der Waals surface area contributed by atoms with E-state index >= 15 is 0 Å². The number of carbonyl (C=O) groups is 1. The highest BCUT2D eigenvalue weighted by Gasteiger charge is 2.61. The molecule has 0 heterocycles. The fourth-order valence-electron chi connectivity index (χ4n) is 5.77. The van der Waals surface area contributed by atoms with Crippen LogP contribution in [0.4, 0.5) is 0 Å². The number of fused-ring (bicyclic) bond motifs is 5. The largest absolute Gasteiger partial charge is 0.377 e. The van der Waals surface area contributed by atoms with Crippen molar-refractivity contribution in [1.82, 2.24) is 0 Å². The maximum absolute atomic E-state index is 11.7. The molecule has 4 aliphatic carbocycles. The summed E-state index contributed by atoms with van der Waals surface area (Å²) in [6.45, 7) is 4.41. The molecule has 120 valence electrons. The van der Waals surface area contributed by atoms with Crippen LogP contribution in [-0.4, -0.2) is 16.5 Å². The van der Waals surface area contributed by atoms with Gasteiger partial charge in [0.25, 0.3) is 0 Å². The van der Waals surface area contributed by atoms with Gasteiger partial charge in [0.15, 0.2) is 5.78 Å². The summed E-state index contributed by atoms with van der Waals surface area (Å²) in [6.07, 6.45) is 18.2. The molecule has 0 unspecified atom stereocenters. The lowest BCUT2D eigenvalue weighted by molar-refractivity contribution is -0.110. The monoisotopic (exact) mass is 308 g/mol. The first kappa shape index (κ1) is 15.0. The number of allylic oxidation sites excluding steroid dienone is 6. The summed E-state index contributed by atoms with van der Waals surface area (Å²) in [7, 11) is 0. The van der Waals surface area contributed by atoms with Gasteiger partial charge in [-0.05, 0) is 63.0 Å². The molecule has 0 amide bonds. The van der Waals surface area contributed by atoms with Crippen molar-refractivity contribution in [2.24, 2.45) is 22.7 Å². The van der Waals surface area contributed by atoms with E-state index in [9.17, 15) is 9.90 Å². The molecule has 1 N–H and O–H groups in total. The van der Waals surface area contributed by atoms with Crippen LogP contribution in [0.15, 0.2) is 35.5 Å². The van der Waals surface area contributed by atoms with Crippen molar-refractivity contribution in [1.29, 1.82) is 0 Å². The maximum atomic E-state index is 11.7. The number of aliphatic hydroxyl groups is 1. The fraction of sp³-hybridized carbons (Fsp3) is 0.571. The van der Waals surface area contributed by atoms with Crippen LogP contribution in [0, 0.1) is 35.0 Å². The van der Waals surface area contributed by atoms with Crippen LogP contribution in [0.1, 0.15) is 46.0 Å². The highest BCUT2D eigenvalue weighted by atomic mass is 16.3. The first-order valence-corrected chi connectivity index (χ1v) is 8.69. The molecule has 0 aromatic carbocycles. The van der Waals surface area contributed by atoms with E-state index in [1.165, 1.54) is 11.1 Å². The van der Waals surface area contributed by atoms with Crippen LogP contribution < -0.4 is 0 Å². The topological polar surface area (TPSA) is 37.3 Å². The van der Waals surface area contributed by atoms with E-state index in [0.717, 1.165) is 25.7 Å². The lowest BCUT2D eigenvalue weighted by Gasteiger charge is -2.53. The van der Waals surface area contributed by atoms with E-state index in [1.807, 2.05) is 6.08 Å². The van der Waals surface area contributed by atoms with Gasteiger partial charge in [0.05, 0.1) is 0 Å². The number of hydrogen-bond donors (Lipinski definition) is 1. The van der Waals surface area contributed by atoms with E-state index in [-0.39, 0.29) is 16.6 Å². The minimum Gasteiger partial charge on any atom is -0.377 e. The smallest absolute Gasteiger partial charge is 0.178 e. The molecule has 2 saturated carbocycles. The van der Waals surface area contributed by atoms with Gasteiger partial charge in [-0.1, -0.05) is 36.1 Å². The molecule has 2 fully saturated rings. The minimum atomic E-state index is -0.977. The first-order valence-electron chi connectivity index (χ1n) is 8.69. The molecule has 2 heteroatoms. The SMILES string of the molecule is C#C[C@@]1(O)CC[C@H]2[C@@H]3CCC4=CC(=O)C=C[C@]4(C)C3=CC[C@@]21C. The third-order valence-corrected chi connectivity index (χ3v) is 7.34. The Balaban J connectivity index is 1.80. The summed E-state index contributed by atoms with van der Waals surface area (Å²) < 4.78 is 0. The summed E-state index contributed by atoms with van der Waals surface area (Å²) in [5.74, 6) is 3.72. The van der Waals surface area contributed by atoms with Crippen molar-refractivity contribution in [3.63, 3.8) is 0 Å². The van der Waals surface area contributed by atoms with E-state index in [4.69, 9.17) is 6.42 Å². The van der Waals surface area contributed by atoms with Crippen molar-refractivity contribution in [2.75, 3.05) is 0 Å².